The Kier molecular flexibility index (Phi) is 6.28. The largest absolute Gasteiger partial charge is 0.491 e. The summed E-state index contributed by atoms with van der Waals surface area (Å²) in [4.78, 5) is 13.6. The van der Waals surface area contributed by atoms with Crippen molar-refractivity contribution >= 4 is 16.7 Å². The van der Waals surface area contributed by atoms with Crippen LogP contribution in [0.2, 0.25) is 0 Å². The highest BCUT2D eigenvalue weighted by Crippen LogP contribution is 2.33. The Morgan fingerprint density at radius 3 is 2.57 bits per heavy atom. The van der Waals surface area contributed by atoms with Crippen molar-refractivity contribution in [3.63, 3.8) is 0 Å². The van der Waals surface area contributed by atoms with E-state index in [1.54, 1.807) is 12.1 Å². The molecule has 3 aromatic carbocycles. The first-order valence-electron chi connectivity index (χ1n) is 10.1. The van der Waals surface area contributed by atoms with E-state index in [0.717, 1.165) is 35.0 Å². The first kappa shape index (κ1) is 20.3. The average Bonchev–Trinajstić information content (AvgIpc) is 2.78. The standard InChI is InChI=1S/C24H26N2O4/c25-24(28)18-7-5-17(6-8-18)23-14-21(13-19-3-1-2-4-22(19)23)30-16-20(27)15-26-9-11-29-12-10-26/h1-8,13-14,20,27H,9-12,15-16H2,(H2,25,28). The summed E-state index contributed by atoms with van der Waals surface area (Å²) in [6.45, 7) is 3.86. The molecule has 3 N–H and O–H groups in total. The molecule has 0 spiro atoms. The maximum atomic E-state index is 11.4. The van der Waals surface area contributed by atoms with Crippen LogP contribution in [-0.2, 0) is 4.74 Å². The van der Waals surface area contributed by atoms with Gasteiger partial charge in [-0.25, -0.2) is 0 Å². The van der Waals surface area contributed by atoms with Crippen LogP contribution in [0.15, 0.2) is 60.7 Å². The number of aliphatic hydroxyl groups is 1. The molecule has 1 unspecified atom stereocenters. The summed E-state index contributed by atoms with van der Waals surface area (Å²) in [5, 5.41) is 12.5. The fourth-order valence-corrected chi connectivity index (χ4v) is 3.75. The molecule has 1 heterocycles. The molecule has 1 amide bonds. The Labute approximate surface area is 175 Å². The fourth-order valence-electron chi connectivity index (χ4n) is 3.75. The lowest BCUT2D eigenvalue weighted by Gasteiger charge is -2.28. The van der Waals surface area contributed by atoms with Gasteiger partial charge < -0.3 is 20.3 Å². The molecule has 156 valence electrons. The molecule has 4 rings (SSSR count). The van der Waals surface area contributed by atoms with E-state index in [4.69, 9.17) is 15.2 Å². The molecule has 30 heavy (non-hydrogen) atoms. The van der Waals surface area contributed by atoms with E-state index < -0.39 is 12.0 Å². The number of nitrogens with zero attached hydrogens (tertiary/aromatic N) is 1. The van der Waals surface area contributed by atoms with Crippen molar-refractivity contribution < 1.29 is 19.4 Å². The zero-order chi connectivity index (χ0) is 20.9. The van der Waals surface area contributed by atoms with Gasteiger partial charge in [0.15, 0.2) is 0 Å². The summed E-state index contributed by atoms with van der Waals surface area (Å²) in [5.74, 6) is 0.251. The number of ether oxygens (including phenoxy) is 2. The second kappa shape index (κ2) is 9.26. The normalized spacial score (nSPS) is 15.8. The first-order chi connectivity index (χ1) is 14.6. The van der Waals surface area contributed by atoms with Gasteiger partial charge in [0.2, 0.25) is 5.91 Å². The number of primary amides is 1. The molecule has 0 saturated carbocycles. The number of hydrogen-bond acceptors (Lipinski definition) is 5. The van der Waals surface area contributed by atoms with Gasteiger partial charge in [-0.3, -0.25) is 9.69 Å². The third kappa shape index (κ3) is 4.79. The zero-order valence-corrected chi connectivity index (χ0v) is 16.8. The van der Waals surface area contributed by atoms with Gasteiger partial charge in [-0.1, -0.05) is 36.4 Å². The van der Waals surface area contributed by atoms with Crippen LogP contribution >= 0.6 is 0 Å². The lowest BCUT2D eigenvalue weighted by Crippen LogP contribution is -2.42. The van der Waals surface area contributed by atoms with Crippen LogP contribution in [0.5, 0.6) is 5.75 Å². The maximum absolute atomic E-state index is 11.4. The Hall–Kier alpha value is -2.93. The Morgan fingerprint density at radius 1 is 1.10 bits per heavy atom. The van der Waals surface area contributed by atoms with Crippen molar-refractivity contribution in [1.82, 2.24) is 4.90 Å². The minimum Gasteiger partial charge on any atom is -0.491 e. The SMILES string of the molecule is NC(=O)c1ccc(-c2cc(OCC(O)CN3CCOCC3)cc3ccccc23)cc1. The molecule has 1 atom stereocenters. The zero-order valence-electron chi connectivity index (χ0n) is 16.8. The van der Waals surface area contributed by atoms with Crippen LogP contribution in [0.4, 0.5) is 0 Å². The van der Waals surface area contributed by atoms with E-state index >= 15 is 0 Å². The quantitative estimate of drug-likeness (QED) is 0.630. The van der Waals surface area contributed by atoms with Crippen LogP contribution < -0.4 is 10.5 Å². The van der Waals surface area contributed by atoms with Crippen molar-refractivity contribution in [2.75, 3.05) is 39.5 Å². The van der Waals surface area contributed by atoms with E-state index in [1.807, 2.05) is 42.5 Å². The summed E-state index contributed by atoms with van der Waals surface area (Å²) in [7, 11) is 0. The average molecular weight is 406 g/mol. The molecule has 3 aromatic rings. The molecular weight excluding hydrogens is 380 g/mol. The summed E-state index contributed by atoms with van der Waals surface area (Å²) in [6.07, 6.45) is -0.576. The predicted octanol–water partition coefficient (Wildman–Crippen LogP) is 2.68. The van der Waals surface area contributed by atoms with Crippen molar-refractivity contribution in [2.24, 2.45) is 5.73 Å². The van der Waals surface area contributed by atoms with E-state index in [1.165, 1.54) is 0 Å². The van der Waals surface area contributed by atoms with Gasteiger partial charge >= 0.3 is 0 Å². The van der Waals surface area contributed by atoms with Crippen LogP contribution in [-0.4, -0.2) is 61.5 Å². The number of carbonyl (C=O) groups is 1. The van der Waals surface area contributed by atoms with Gasteiger partial charge in [0.05, 0.1) is 13.2 Å². The van der Waals surface area contributed by atoms with Crippen molar-refractivity contribution in [2.45, 2.75) is 6.10 Å². The summed E-state index contributed by atoms with van der Waals surface area (Å²) < 4.78 is 11.3. The van der Waals surface area contributed by atoms with Gasteiger partial charge in [-0.15, -0.1) is 0 Å². The van der Waals surface area contributed by atoms with Crippen LogP contribution in [0, 0.1) is 0 Å². The second-order valence-electron chi connectivity index (χ2n) is 7.51. The van der Waals surface area contributed by atoms with Crippen LogP contribution in [0.25, 0.3) is 21.9 Å². The van der Waals surface area contributed by atoms with Crippen LogP contribution in [0.1, 0.15) is 10.4 Å². The van der Waals surface area contributed by atoms with Crippen molar-refractivity contribution in [3.05, 3.63) is 66.2 Å². The summed E-state index contributed by atoms with van der Waals surface area (Å²) >= 11 is 0. The van der Waals surface area contributed by atoms with E-state index in [0.29, 0.717) is 31.1 Å². The van der Waals surface area contributed by atoms with Crippen LogP contribution in [0.3, 0.4) is 0 Å². The number of morpholine rings is 1. The van der Waals surface area contributed by atoms with E-state index in [9.17, 15) is 9.90 Å². The minimum atomic E-state index is -0.576. The Morgan fingerprint density at radius 2 is 1.83 bits per heavy atom. The summed E-state index contributed by atoms with van der Waals surface area (Å²) in [5.41, 5.74) is 7.80. The Bertz CT molecular complexity index is 1010. The molecule has 0 aromatic heterocycles. The highest BCUT2D eigenvalue weighted by Gasteiger charge is 2.16. The van der Waals surface area contributed by atoms with Gasteiger partial charge in [0, 0.05) is 25.2 Å². The second-order valence-corrected chi connectivity index (χ2v) is 7.51. The molecule has 1 aliphatic rings. The highest BCUT2D eigenvalue weighted by atomic mass is 16.5. The number of benzene rings is 3. The van der Waals surface area contributed by atoms with Crippen molar-refractivity contribution in [3.8, 4) is 16.9 Å². The molecule has 0 aliphatic carbocycles. The maximum Gasteiger partial charge on any atom is 0.248 e. The molecule has 1 aliphatic heterocycles. The molecule has 0 bridgehead atoms. The van der Waals surface area contributed by atoms with E-state index in [2.05, 4.69) is 11.0 Å². The van der Waals surface area contributed by atoms with Crippen molar-refractivity contribution in [1.29, 1.82) is 0 Å². The lowest BCUT2D eigenvalue weighted by atomic mass is 9.97. The highest BCUT2D eigenvalue weighted by molar-refractivity contribution is 5.99. The number of aliphatic hydroxyl groups excluding tert-OH is 1. The molecular formula is C24H26N2O4. The molecule has 1 fully saturated rings. The first-order valence-corrected chi connectivity index (χ1v) is 10.1. The number of carbonyl (C=O) groups excluding carboxylic acids is 1. The minimum absolute atomic E-state index is 0.218. The number of β-amino-alcohol motifs (C(OH)–C–C–N with tert-alkyl or cyclic N) is 1. The molecule has 6 heteroatoms. The Balaban J connectivity index is 1.54. The topological polar surface area (TPSA) is 85.0 Å². The molecule has 6 nitrogen and oxygen atoms in total. The van der Waals surface area contributed by atoms with Gasteiger partial charge in [0.25, 0.3) is 0 Å². The molecule has 0 radical (unpaired) electrons. The number of rotatable bonds is 7. The smallest absolute Gasteiger partial charge is 0.248 e. The number of amides is 1. The van der Waals surface area contributed by atoms with Gasteiger partial charge in [0.1, 0.15) is 18.5 Å². The van der Waals surface area contributed by atoms with Gasteiger partial charge in [-0.05, 0) is 46.2 Å². The predicted molar refractivity (Wildman–Crippen MR) is 117 cm³/mol. The summed E-state index contributed by atoms with van der Waals surface area (Å²) in [6, 6.07) is 19.3. The third-order valence-corrected chi connectivity index (χ3v) is 5.33. The monoisotopic (exact) mass is 406 g/mol. The number of nitrogens with two attached hydrogens (primary N) is 1. The molecule has 1 saturated heterocycles. The fraction of sp³-hybridized carbons (Fsp3) is 0.292. The third-order valence-electron chi connectivity index (χ3n) is 5.33. The number of hydrogen-bond donors (Lipinski definition) is 2. The van der Waals surface area contributed by atoms with E-state index in [-0.39, 0.29) is 6.61 Å². The lowest BCUT2D eigenvalue weighted by molar-refractivity contribution is 0.00467. The van der Waals surface area contributed by atoms with Gasteiger partial charge in [-0.2, -0.15) is 0 Å². The number of fused-ring (bicyclic) bond motifs is 1.